The largest absolute Gasteiger partial charge is 0.370 e. The molecule has 1 rings (SSSR count). The topological polar surface area (TPSA) is 37.8 Å². The minimum Gasteiger partial charge on any atom is -0.370 e. The number of aromatic nitrogens is 2. The van der Waals surface area contributed by atoms with Gasteiger partial charge in [-0.25, -0.2) is 9.97 Å². The van der Waals surface area contributed by atoms with Crippen molar-refractivity contribution < 1.29 is 0 Å². The van der Waals surface area contributed by atoms with Crippen LogP contribution in [-0.2, 0) is 5.75 Å². The van der Waals surface area contributed by atoms with Crippen LogP contribution in [0.1, 0.15) is 37.4 Å². The molecule has 0 unspecified atom stereocenters. The quantitative estimate of drug-likeness (QED) is 0.827. The van der Waals surface area contributed by atoms with Crippen LogP contribution in [0, 0.1) is 13.8 Å². The maximum absolute atomic E-state index is 4.57. The molecule has 90 valence electrons. The van der Waals surface area contributed by atoms with E-state index in [1.54, 1.807) is 0 Å². The summed E-state index contributed by atoms with van der Waals surface area (Å²) in [6.45, 7) is 9.40. The Hall–Kier alpha value is -0.770. The highest BCUT2D eigenvalue weighted by Crippen LogP contribution is 2.17. The molecule has 1 aromatic heterocycles. The first-order chi connectivity index (χ1) is 7.69. The minimum atomic E-state index is 0.901. The summed E-state index contributed by atoms with van der Waals surface area (Å²) in [6.07, 6.45) is 1.11. The Morgan fingerprint density at radius 3 is 2.56 bits per heavy atom. The Kier molecular flexibility index (Phi) is 5.60. The first kappa shape index (κ1) is 13.3. The molecule has 4 heteroatoms. The Bertz CT molecular complexity index is 339. The number of rotatable bonds is 6. The lowest BCUT2D eigenvalue weighted by molar-refractivity contribution is 0.928. The number of aryl methyl sites for hydroxylation is 1. The first-order valence-corrected chi connectivity index (χ1v) is 7.00. The fourth-order valence-electron chi connectivity index (χ4n) is 1.36. The van der Waals surface area contributed by atoms with E-state index in [2.05, 4.69) is 36.1 Å². The lowest BCUT2D eigenvalue weighted by Gasteiger charge is -2.11. The summed E-state index contributed by atoms with van der Waals surface area (Å²) in [5.41, 5.74) is 2.25. The molecule has 3 nitrogen and oxygen atoms in total. The predicted octanol–water partition coefficient (Wildman–Crippen LogP) is 3.17. The van der Waals surface area contributed by atoms with Gasteiger partial charge in [0, 0.05) is 17.8 Å². The molecule has 0 saturated carbocycles. The Labute approximate surface area is 102 Å². The standard InChI is InChI=1S/C12H21N3S/c1-5-7-13-12-9(3)10(4)14-11(15-12)8-16-6-2/h5-8H2,1-4H3,(H,13,14,15). The highest BCUT2D eigenvalue weighted by atomic mass is 32.2. The Balaban J connectivity index is 2.83. The van der Waals surface area contributed by atoms with Crippen molar-refractivity contribution in [2.45, 2.75) is 39.9 Å². The Morgan fingerprint density at radius 2 is 1.94 bits per heavy atom. The van der Waals surface area contributed by atoms with Gasteiger partial charge in [-0.1, -0.05) is 13.8 Å². The molecule has 0 aromatic carbocycles. The number of nitrogens with zero attached hydrogens (tertiary/aromatic N) is 2. The van der Waals surface area contributed by atoms with Crippen LogP contribution < -0.4 is 5.32 Å². The summed E-state index contributed by atoms with van der Waals surface area (Å²) in [6, 6.07) is 0. The van der Waals surface area contributed by atoms with Crippen LogP contribution in [0.15, 0.2) is 0 Å². The highest BCUT2D eigenvalue weighted by Gasteiger charge is 2.07. The summed E-state index contributed by atoms with van der Waals surface area (Å²) in [4.78, 5) is 9.07. The smallest absolute Gasteiger partial charge is 0.140 e. The normalized spacial score (nSPS) is 10.5. The molecule has 0 aliphatic carbocycles. The van der Waals surface area contributed by atoms with Crippen molar-refractivity contribution in [1.29, 1.82) is 0 Å². The SMILES string of the molecule is CCCNc1nc(CSCC)nc(C)c1C. The van der Waals surface area contributed by atoms with Crippen LogP contribution in [0.25, 0.3) is 0 Å². The molecule has 1 heterocycles. The van der Waals surface area contributed by atoms with E-state index in [4.69, 9.17) is 0 Å². The molecule has 1 N–H and O–H groups in total. The van der Waals surface area contributed by atoms with Crippen molar-refractivity contribution in [3.8, 4) is 0 Å². The van der Waals surface area contributed by atoms with Crippen molar-refractivity contribution in [2.75, 3.05) is 17.6 Å². The van der Waals surface area contributed by atoms with Crippen molar-refractivity contribution in [2.24, 2.45) is 0 Å². The van der Waals surface area contributed by atoms with Gasteiger partial charge < -0.3 is 5.32 Å². The van der Waals surface area contributed by atoms with Gasteiger partial charge in [-0.05, 0) is 26.0 Å². The third-order valence-electron chi connectivity index (χ3n) is 2.41. The van der Waals surface area contributed by atoms with Crippen LogP contribution in [0.4, 0.5) is 5.82 Å². The molecule has 0 aliphatic heterocycles. The molecule has 0 atom stereocenters. The van der Waals surface area contributed by atoms with Gasteiger partial charge >= 0.3 is 0 Å². The van der Waals surface area contributed by atoms with Gasteiger partial charge in [0.2, 0.25) is 0 Å². The van der Waals surface area contributed by atoms with E-state index >= 15 is 0 Å². The number of hydrogen-bond donors (Lipinski definition) is 1. The van der Waals surface area contributed by atoms with E-state index in [-0.39, 0.29) is 0 Å². The van der Waals surface area contributed by atoms with Crippen LogP contribution >= 0.6 is 11.8 Å². The maximum atomic E-state index is 4.57. The predicted molar refractivity (Wildman–Crippen MR) is 72.1 cm³/mol. The molecule has 0 saturated heterocycles. The number of nitrogens with one attached hydrogen (secondary N) is 1. The van der Waals surface area contributed by atoms with Gasteiger partial charge in [0.25, 0.3) is 0 Å². The van der Waals surface area contributed by atoms with E-state index in [0.717, 1.165) is 41.8 Å². The second-order valence-corrected chi connectivity index (χ2v) is 5.04. The molecular weight excluding hydrogens is 218 g/mol. The van der Waals surface area contributed by atoms with Crippen molar-refractivity contribution in [1.82, 2.24) is 9.97 Å². The van der Waals surface area contributed by atoms with Gasteiger partial charge in [-0.15, -0.1) is 0 Å². The summed E-state index contributed by atoms with van der Waals surface area (Å²) < 4.78 is 0. The van der Waals surface area contributed by atoms with Gasteiger partial charge in [0.05, 0.1) is 5.75 Å². The summed E-state index contributed by atoms with van der Waals surface area (Å²) >= 11 is 1.86. The second kappa shape index (κ2) is 6.74. The van der Waals surface area contributed by atoms with Gasteiger partial charge in [-0.2, -0.15) is 11.8 Å². The molecule has 0 amide bonds. The Morgan fingerprint density at radius 1 is 1.19 bits per heavy atom. The van der Waals surface area contributed by atoms with Crippen molar-refractivity contribution >= 4 is 17.6 Å². The highest BCUT2D eigenvalue weighted by molar-refractivity contribution is 7.98. The van der Waals surface area contributed by atoms with Crippen molar-refractivity contribution in [3.63, 3.8) is 0 Å². The molecule has 0 bridgehead atoms. The summed E-state index contributed by atoms with van der Waals surface area (Å²) in [5.74, 6) is 3.95. The van der Waals surface area contributed by atoms with Crippen molar-refractivity contribution in [3.05, 3.63) is 17.1 Å². The monoisotopic (exact) mass is 239 g/mol. The van der Waals surface area contributed by atoms with E-state index < -0.39 is 0 Å². The van der Waals surface area contributed by atoms with Crippen LogP contribution in [0.5, 0.6) is 0 Å². The fourth-order valence-corrected chi connectivity index (χ4v) is 1.88. The molecule has 0 spiro atoms. The van der Waals surface area contributed by atoms with E-state index in [1.165, 1.54) is 5.56 Å². The molecular formula is C12H21N3S. The summed E-state index contributed by atoms with van der Waals surface area (Å²) in [7, 11) is 0. The van der Waals surface area contributed by atoms with Gasteiger partial charge in [0.15, 0.2) is 0 Å². The third-order valence-corrected chi connectivity index (χ3v) is 3.28. The lowest BCUT2D eigenvalue weighted by atomic mass is 10.2. The number of hydrogen-bond acceptors (Lipinski definition) is 4. The van der Waals surface area contributed by atoms with Crippen LogP contribution in [0.2, 0.25) is 0 Å². The molecule has 0 radical (unpaired) electrons. The van der Waals surface area contributed by atoms with Gasteiger partial charge in [-0.3, -0.25) is 0 Å². The number of anilines is 1. The number of thioether (sulfide) groups is 1. The second-order valence-electron chi connectivity index (χ2n) is 3.76. The third kappa shape index (κ3) is 3.67. The zero-order valence-electron chi connectivity index (χ0n) is 10.6. The molecule has 1 aromatic rings. The fraction of sp³-hybridized carbons (Fsp3) is 0.667. The zero-order valence-corrected chi connectivity index (χ0v) is 11.4. The van der Waals surface area contributed by atoms with E-state index in [9.17, 15) is 0 Å². The van der Waals surface area contributed by atoms with Crippen LogP contribution in [-0.4, -0.2) is 22.3 Å². The first-order valence-electron chi connectivity index (χ1n) is 5.84. The molecule has 0 aliphatic rings. The van der Waals surface area contributed by atoms with Crippen LogP contribution in [0.3, 0.4) is 0 Å². The van der Waals surface area contributed by atoms with E-state index in [1.807, 2.05) is 18.7 Å². The average molecular weight is 239 g/mol. The zero-order chi connectivity index (χ0) is 12.0. The maximum Gasteiger partial charge on any atom is 0.140 e. The summed E-state index contributed by atoms with van der Waals surface area (Å²) in [5, 5.41) is 3.36. The van der Waals surface area contributed by atoms with E-state index in [0.29, 0.717) is 0 Å². The molecule has 16 heavy (non-hydrogen) atoms. The van der Waals surface area contributed by atoms with Gasteiger partial charge in [0.1, 0.15) is 11.6 Å². The minimum absolute atomic E-state index is 0.901. The molecule has 0 fully saturated rings. The average Bonchev–Trinajstić information content (AvgIpc) is 2.28. The lowest BCUT2D eigenvalue weighted by Crippen LogP contribution is -2.08.